The number of aliphatic hydroxyl groups excluding tert-OH is 1. The highest BCUT2D eigenvalue weighted by Crippen LogP contribution is 2.20. The van der Waals surface area contributed by atoms with Gasteiger partial charge in [-0.2, -0.15) is 11.8 Å². The van der Waals surface area contributed by atoms with Crippen LogP contribution in [0.25, 0.3) is 0 Å². The molecule has 1 heterocycles. The summed E-state index contributed by atoms with van der Waals surface area (Å²) in [6, 6.07) is 0. The molecule has 0 aliphatic carbocycles. The van der Waals surface area contributed by atoms with Crippen LogP contribution in [0.5, 0.6) is 0 Å². The fourth-order valence-electron chi connectivity index (χ4n) is 1.73. The van der Waals surface area contributed by atoms with E-state index in [1.54, 1.807) is 0 Å². The van der Waals surface area contributed by atoms with Gasteiger partial charge >= 0.3 is 0 Å². The van der Waals surface area contributed by atoms with E-state index in [1.165, 1.54) is 31.4 Å². The first-order valence-corrected chi connectivity index (χ1v) is 6.72. The van der Waals surface area contributed by atoms with Crippen LogP contribution >= 0.6 is 11.8 Å². The fraction of sp³-hybridized carbons (Fsp3) is 1.00. The first kappa shape index (κ1) is 12.3. The van der Waals surface area contributed by atoms with E-state index >= 15 is 0 Å². The van der Waals surface area contributed by atoms with Gasteiger partial charge in [0.1, 0.15) is 0 Å². The van der Waals surface area contributed by atoms with Crippen LogP contribution in [0.2, 0.25) is 0 Å². The van der Waals surface area contributed by atoms with Crippen LogP contribution in [-0.2, 0) is 4.74 Å². The normalized spacial score (nSPS) is 24.0. The lowest BCUT2D eigenvalue weighted by atomic mass is 10.1. The topological polar surface area (TPSA) is 29.5 Å². The minimum absolute atomic E-state index is 0.319. The van der Waals surface area contributed by atoms with E-state index in [9.17, 15) is 0 Å². The summed E-state index contributed by atoms with van der Waals surface area (Å²) in [5.41, 5.74) is 0. The Balaban J connectivity index is 1.88. The minimum atomic E-state index is 0.319. The van der Waals surface area contributed by atoms with Gasteiger partial charge in [-0.25, -0.2) is 0 Å². The van der Waals surface area contributed by atoms with Gasteiger partial charge < -0.3 is 9.84 Å². The number of hydrogen-bond acceptors (Lipinski definition) is 3. The summed E-state index contributed by atoms with van der Waals surface area (Å²) in [6.45, 7) is 3.48. The molecular weight excluding hydrogens is 196 g/mol. The minimum Gasteiger partial charge on any atom is -0.396 e. The molecule has 14 heavy (non-hydrogen) atoms. The van der Waals surface area contributed by atoms with E-state index < -0.39 is 0 Å². The molecule has 2 atom stereocenters. The maximum absolute atomic E-state index is 8.73. The predicted molar refractivity (Wildman–Crippen MR) is 61.8 cm³/mol. The molecule has 1 fully saturated rings. The Bertz CT molecular complexity index is 135. The number of hydrogen-bond donors (Lipinski definition) is 1. The molecule has 84 valence electrons. The molecule has 0 bridgehead atoms. The highest BCUT2D eigenvalue weighted by atomic mass is 32.2. The lowest BCUT2D eigenvalue weighted by Crippen LogP contribution is -2.06. The summed E-state index contributed by atoms with van der Waals surface area (Å²) in [5.74, 6) is 1.21. The van der Waals surface area contributed by atoms with Gasteiger partial charge in [-0.1, -0.05) is 6.92 Å². The lowest BCUT2D eigenvalue weighted by molar-refractivity contribution is 0.104. The standard InChI is InChI=1S/C11H22O2S/c1-10(6-7-12)14-9-3-5-11-4-2-8-13-11/h10-12H,2-9H2,1H3. The molecule has 0 aromatic carbocycles. The van der Waals surface area contributed by atoms with Crippen molar-refractivity contribution in [3.63, 3.8) is 0 Å². The van der Waals surface area contributed by atoms with Gasteiger partial charge in [-0.3, -0.25) is 0 Å². The molecule has 0 amide bonds. The van der Waals surface area contributed by atoms with Crippen LogP contribution in [0.3, 0.4) is 0 Å². The van der Waals surface area contributed by atoms with Gasteiger partial charge in [0.05, 0.1) is 6.10 Å². The Labute approximate surface area is 91.4 Å². The number of ether oxygens (including phenoxy) is 1. The Morgan fingerprint density at radius 2 is 2.43 bits per heavy atom. The average molecular weight is 218 g/mol. The van der Waals surface area contributed by atoms with Crippen molar-refractivity contribution in [2.24, 2.45) is 0 Å². The van der Waals surface area contributed by atoms with Gasteiger partial charge in [0, 0.05) is 18.5 Å². The first-order chi connectivity index (χ1) is 6.83. The SMILES string of the molecule is CC(CCO)SCCCC1CCCO1. The zero-order chi connectivity index (χ0) is 10.2. The van der Waals surface area contributed by atoms with Crippen LogP contribution in [0, 0.1) is 0 Å². The van der Waals surface area contributed by atoms with E-state index in [-0.39, 0.29) is 0 Å². The highest BCUT2D eigenvalue weighted by Gasteiger charge is 2.14. The van der Waals surface area contributed by atoms with Crippen molar-refractivity contribution in [3.8, 4) is 0 Å². The van der Waals surface area contributed by atoms with Crippen molar-refractivity contribution < 1.29 is 9.84 Å². The summed E-state index contributed by atoms with van der Waals surface area (Å²) in [4.78, 5) is 0. The van der Waals surface area contributed by atoms with E-state index in [0.717, 1.165) is 13.0 Å². The Hall–Kier alpha value is 0.270. The first-order valence-electron chi connectivity index (χ1n) is 5.67. The van der Waals surface area contributed by atoms with Crippen LogP contribution in [0.1, 0.15) is 39.0 Å². The maximum atomic E-state index is 8.73. The third kappa shape index (κ3) is 5.23. The van der Waals surface area contributed by atoms with E-state index in [1.807, 2.05) is 11.8 Å². The molecule has 0 spiro atoms. The lowest BCUT2D eigenvalue weighted by Gasteiger charge is -2.11. The largest absolute Gasteiger partial charge is 0.396 e. The second-order valence-electron chi connectivity index (χ2n) is 3.97. The Morgan fingerprint density at radius 3 is 3.07 bits per heavy atom. The van der Waals surface area contributed by atoms with Gasteiger partial charge in [0.25, 0.3) is 0 Å². The van der Waals surface area contributed by atoms with Gasteiger partial charge in [0.15, 0.2) is 0 Å². The molecule has 1 aliphatic heterocycles. The second kappa shape index (κ2) is 7.55. The molecule has 2 nitrogen and oxygen atoms in total. The molecular formula is C11H22O2S. The van der Waals surface area contributed by atoms with Crippen molar-refractivity contribution in [3.05, 3.63) is 0 Å². The number of aliphatic hydroxyl groups is 1. The van der Waals surface area contributed by atoms with E-state index in [2.05, 4.69) is 6.92 Å². The Morgan fingerprint density at radius 1 is 1.57 bits per heavy atom. The predicted octanol–water partition coefficient (Wildman–Crippen LogP) is 2.45. The summed E-state index contributed by atoms with van der Waals surface area (Å²) < 4.78 is 5.56. The molecule has 1 aliphatic rings. The van der Waals surface area contributed by atoms with Crippen molar-refractivity contribution in [2.75, 3.05) is 19.0 Å². The summed E-state index contributed by atoms with van der Waals surface area (Å²) in [7, 11) is 0. The van der Waals surface area contributed by atoms with Crippen LogP contribution in [0.15, 0.2) is 0 Å². The number of rotatable bonds is 7. The zero-order valence-corrected chi connectivity index (χ0v) is 9.89. The molecule has 1 N–H and O–H groups in total. The quantitative estimate of drug-likeness (QED) is 0.666. The summed E-state index contributed by atoms with van der Waals surface area (Å²) in [5, 5.41) is 9.33. The Kier molecular flexibility index (Phi) is 6.65. The molecule has 0 aromatic rings. The van der Waals surface area contributed by atoms with E-state index in [4.69, 9.17) is 9.84 Å². The molecule has 2 unspecified atom stereocenters. The third-order valence-electron chi connectivity index (χ3n) is 2.63. The summed E-state index contributed by atoms with van der Waals surface area (Å²) >= 11 is 1.97. The molecule has 1 saturated heterocycles. The second-order valence-corrected chi connectivity index (χ2v) is 5.52. The van der Waals surface area contributed by atoms with Crippen molar-refractivity contribution >= 4 is 11.8 Å². The van der Waals surface area contributed by atoms with Gasteiger partial charge in [0.2, 0.25) is 0 Å². The van der Waals surface area contributed by atoms with Gasteiger partial charge in [-0.05, 0) is 37.9 Å². The monoisotopic (exact) mass is 218 g/mol. The van der Waals surface area contributed by atoms with Crippen molar-refractivity contribution in [1.82, 2.24) is 0 Å². The smallest absolute Gasteiger partial charge is 0.0576 e. The third-order valence-corrected chi connectivity index (χ3v) is 3.96. The molecule has 3 heteroatoms. The van der Waals surface area contributed by atoms with Crippen molar-refractivity contribution in [2.45, 2.75) is 50.4 Å². The van der Waals surface area contributed by atoms with Crippen molar-refractivity contribution in [1.29, 1.82) is 0 Å². The maximum Gasteiger partial charge on any atom is 0.0576 e. The molecule has 0 saturated carbocycles. The molecule has 0 radical (unpaired) electrons. The van der Waals surface area contributed by atoms with Crippen LogP contribution in [0.4, 0.5) is 0 Å². The molecule has 0 aromatic heterocycles. The zero-order valence-electron chi connectivity index (χ0n) is 9.08. The molecule has 1 rings (SSSR count). The highest BCUT2D eigenvalue weighted by molar-refractivity contribution is 7.99. The number of thioether (sulfide) groups is 1. The van der Waals surface area contributed by atoms with Crippen LogP contribution < -0.4 is 0 Å². The fourth-order valence-corrected chi connectivity index (χ4v) is 2.74. The van der Waals surface area contributed by atoms with Gasteiger partial charge in [-0.15, -0.1) is 0 Å². The summed E-state index contributed by atoms with van der Waals surface area (Å²) in [6.07, 6.45) is 6.45. The van der Waals surface area contributed by atoms with E-state index in [0.29, 0.717) is 18.0 Å². The average Bonchev–Trinajstić information content (AvgIpc) is 2.65. The van der Waals surface area contributed by atoms with Crippen LogP contribution in [-0.4, -0.2) is 35.4 Å².